The Morgan fingerprint density at radius 2 is 1.57 bits per heavy atom. The van der Waals surface area contributed by atoms with Crippen molar-refractivity contribution in [2.75, 3.05) is 4.90 Å². The lowest BCUT2D eigenvalue weighted by Crippen LogP contribution is -2.29. The van der Waals surface area contributed by atoms with Gasteiger partial charge in [-0.15, -0.1) is 0 Å². The lowest BCUT2D eigenvalue weighted by molar-refractivity contribution is 0.0926. The Bertz CT molecular complexity index is 1140. The predicted octanol–water partition coefficient (Wildman–Crippen LogP) is 4.04. The van der Waals surface area contributed by atoms with Gasteiger partial charge in [0.05, 0.1) is 28.4 Å². The first-order chi connectivity index (χ1) is 13.7. The molecule has 1 atom stereocenters. The SMILES string of the molecule is N#Cc1cccc2c1CC(c1ccc(N3C(=O)c4ccccc4C3=O)cc1)O2. The van der Waals surface area contributed by atoms with Gasteiger partial charge in [-0.1, -0.05) is 30.3 Å². The Hall–Kier alpha value is -3.91. The summed E-state index contributed by atoms with van der Waals surface area (Å²) < 4.78 is 6.00. The molecule has 0 saturated carbocycles. The molecule has 0 aromatic heterocycles. The Labute approximate surface area is 161 Å². The number of nitriles is 1. The largest absolute Gasteiger partial charge is 0.485 e. The van der Waals surface area contributed by atoms with Gasteiger partial charge >= 0.3 is 0 Å². The van der Waals surface area contributed by atoms with Crippen molar-refractivity contribution < 1.29 is 14.3 Å². The number of benzene rings is 3. The summed E-state index contributed by atoms with van der Waals surface area (Å²) in [5.41, 5.74) is 3.86. The summed E-state index contributed by atoms with van der Waals surface area (Å²) in [4.78, 5) is 26.4. The molecule has 0 aliphatic carbocycles. The van der Waals surface area contributed by atoms with Crippen LogP contribution in [-0.2, 0) is 6.42 Å². The fourth-order valence-electron chi connectivity index (χ4n) is 3.82. The molecule has 2 heterocycles. The van der Waals surface area contributed by atoms with Crippen LogP contribution in [-0.4, -0.2) is 11.8 Å². The maximum Gasteiger partial charge on any atom is 0.266 e. The van der Waals surface area contributed by atoms with Gasteiger partial charge in [0.1, 0.15) is 11.9 Å². The van der Waals surface area contributed by atoms with Gasteiger partial charge in [0.2, 0.25) is 0 Å². The monoisotopic (exact) mass is 366 g/mol. The number of rotatable bonds is 2. The van der Waals surface area contributed by atoms with Crippen molar-refractivity contribution in [2.45, 2.75) is 12.5 Å². The highest BCUT2D eigenvalue weighted by Gasteiger charge is 2.36. The predicted molar refractivity (Wildman–Crippen MR) is 102 cm³/mol. The van der Waals surface area contributed by atoms with Crippen molar-refractivity contribution >= 4 is 17.5 Å². The number of amides is 2. The van der Waals surface area contributed by atoms with Gasteiger partial charge < -0.3 is 4.74 Å². The Morgan fingerprint density at radius 1 is 0.893 bits per heavy atom. The third-order valence-electron chi connectivity index (χ3n) is 5.23. The molecule has 5 heteroatoms. The van der Waals surface area contributed by atoms with Crippen molar-refractivity contribution in [2.24, 2.45) is 0 Å². The van der Waals surface area contributed by atoms with Crippen LogP contribution in [0.5, 0.6) is 5.75 Å². The first-order valence-electron chi connectivity index (χ1n) is 8.94. The minimum Gasteiger partial charge on any atom is -0.485 e. The van der Waals surface area contributed by atoms with Gasteiger partial charge in [-0.25, -0.2) is 4.90 Å². The molecule has 0 N–H and O–H groups in total. The molecule has 28 heavy (non-hydrogen) atoms. The molecule has 0 radical (unpaired) electrons. The quantitative estimate of drug-likeness (QED) is 0.642. The lowest BCUT2D eigenvalue weighted by atomic mass is 10.00. The van der Waals surface area contributed by atoms with E-state index in [0.29, 0.717) is 28.8 Å². The minimum atomic E-state index is -0.309. The maximum absolute atomic E-state index is 12.6. The van der Waals surface area contributed by atoms with Gasteiger partial charge in [0, 0.05) is 12.0 Å². The van der Waals surface area contributed by atoms with Crippen molar-refractivity contribution in [3.05, 3.63) is 94.5 Å². The number of ether oxygens (including phenoxy) is 1. The van der Waals surface area contributed by atoms with Gasteiger partial charge in [0.25, 0.3) is 11.8 Å². The lowest BCUT2D eigenvalue weighted by Gasteiger charge is -2.16. The third-order valence-corrected chi connectivity index (χ3v) is 5.23. The molecular weight excluding hydrogens is 352 g/mol. The Kier molecular flexibility index (Phi) is 3.53. The molecule has 1 unspecified atom stereocenters. The summed E-state index contributed by atoms with van der Waals surface area (Å²) in [6.07, 6.45) is 0.423. The zero-order chi connectivity index (χ0) is 19.3. The fraction of sp³-hybridized carbons (Fsp3) is 0.0870. The average Bonchev–Trinajstić information content (AvgIpc) is 3.28. The number of hydrogen-bond acceptors (Lipinski definition) is 4. The number of anilines is 1. The molecule has 5 nitrogen and oxygen atoms in total. The number of fused-ring (bicyclic) bond motifs is 2. The van der Waals surface area contributed by atoms with Crippen molar-refractivity contribution in [1.29, 1.82) is 5.26 Å². The third kappa shape index (κ3) is 2.32. The topological polar surface area (TPSA) is 70.4 Å². The summed E-state index contributed by atoms with van der Waals surface area (Å²) in [5, 5.41) is 9.27. The fourth-order valence-corrected chi connectivity index (χ4v) is 3.82. The van der Waals surface area contributed by atoms with E-state index in [1.807, 2.05) is 24.3 Å². The number of imide groups is 1. The second-order valence-corrected chi connectivity index (χ2v) is 6.79. The summed E-state index contributed by atoms with van der Waals surface area (Å²) >= 11 is 0. The van der Waals surface area contributed by atoms with Crippen LogP contribution in [0, 0.1) is 11.3 Å². The molecule has 2 aliphatic rings. The summed E-state index contributed by atoms with van der Waals surface area (Å²) in [6, 6.07) is 21.7. The molecule has 3 aromatic carbocycles. The van der Waals surface area contributed by atoms with E-state index in [9.17, 15) is 14.9 Å². The molecule has 0 spiro atoms. The molecule has 0 bridgehead atoms. The zero-order valence-electron chi connectivity index (χ0n) is 14.8. The minimum absolute atomic E-state index is 0.194. The molecule has 3 aromatic rings. The van der Waals surface area contributed by atoms with E-state index in [0.717, 1.165) is 16.9 Å². The first-order valence-corrected chi connectivity index (χ1v) is 8.94. The summed E-state index contributed by atoms with van der Waals surface area (Å²) in [5.74, 6) is 0.113. The van der Waals surface area contributed by atoms with Crippen LogP contribution in [0.1, 0.15) is 43.5 Å². The summed E-state index contributed by atoms with van der Waals surface area (Å²) in [7, 11) is 0. The van der Waals surface area contributed by atoms with Gasteiger partial charge in [-0.3, -0.25) is 9.59 Å². The maximum atomic E-state index is 12.6. The van der Waals surface area contributed by atoms with Crippen LogP contribution in [0.2, 0.25) is 0 Å². The van der Waals surface area contributed by atoms with E-state index in [1.165, 1.54) is 4.90 Å². The number of nitrogens with zero attached hydrogens (tertiary/aromatic N) is 2. The molecule has 2 aliphatic heterocycles. The molecule has 0 fully saturated rings. The van der Waals surface area contributed by atoms with E-state index in [2.05, 4.69) is 6.07 Å². The normalized spacial score (nSPS) is 17.1. The standard InChI is InChI=1S/C23H14N2O3/c24-13-15-4-3-7-20-19(15)12-21(28-20)14-8-10-16(11-9-14)25-22(26)17-5-1-2-6-18(17)23(25)27/h1-11,21H,12H2. The summed E-state index contributed by atoms with van der Waals surface area (Å²) in [6.45, 7) is 0. The van der Waals surface area contributed by atoms with Crippen LogP contribution in [0.3, 0.4) is 0 Å². The Morgan fingerprint density at radius 3 is 2.21 bits per heavy atom. The molecule has 134 valence electrons. The van der Waals surface area contributed by atoms with Gasteiger partial charge in [-0.2, -0.15) is 5.26 Å². The van der Waals surface area contributed by atoms with E-state index < -0.39 is 0 Å². The molecular formula is C23H14N2O3. The van der Waals surface area contributed by atoms with Crippen LogP contribution in [0.25, 0.3) is 0 Å². The second-order valence-electron chi connectivity index (χ2n) is 6.79. The Balaban J connectivity index is 1.42. The van der Waals surface area contributed by atoms with Crippen LogP contribution < -0.4 is 9.64 Å². The average molecular weight is 366 g/mol. The van der Waals surface area contributed by atoms with Crippen LogP contribution in [0.15, 0.2) is 66.7 Å². The molecule has 5 rings (SSSR count). The number of carbonyl (C=O) groups excluding carboxylic acids is 2. The van der Waals surface area contributed by atoms with Crippen LogP contribution in [0.4, 0.5) is 5.69 Å². The highest BCUT2D eigenvalue weighted by atomic mass is 16.5. The van der Waals surface area contributed by atoms with E-state index >= 15 is 0 Å². The second kappa shape index (κ2) is 6.07. The highest BCUT2D eigenvalue weighted by molar-refractivity contribution is 6.34. The first kappa shape index (κ1) is 16.3. The van der Waals surface area contributed by atoms with Crippen molar-refractivity contribution in [3.63, 3.8) is 0 Å². The number of carbonyl (C=O) groups is 2. The zero-order valence-corrected chi connectivity index (χ0v) is 14.8. The number of hydrogen-bond donors (Lipinski definition) is 0. The van der Waals surface area contributed by atoms with Crippen molar-refractivity contribution in [1.82, 2.24) is 0 Å². The van der Waals surface area contributed by atoms with Crippen molar-refractivity contribution in [3.8, 4) is 11.8 Å². The van der Waals surface area contributed by atoms with E-state index in [1.54, 1.807) is 42.5 Å². The molecule has 0 saturated heterocycles. The van der Waals surface area contributed by atoms with E-state index in [4.69, 9.17) is 4.74 Å². The van der Waals surface area contributed by atoms with Gasteiger partial charge in [0.15, 0.2) is 0 Å². The van der Waals surface area contributed by atoms with E-state index in [-0.39, 0.29) is 17.9 Å². The molecule has 2 amide bonds. The highest BCUT2D eigenvalue weighted by Crippen LogP contribution is 2.39. The van der Waals surface area contributed by atoms with Gasteiger partial charge in [-0.05, 0) is 42.0 Å². The van der Waals surface area contributed by atoms with Crippen LogP contribution >= 0.6 is 0 Å². The smallest absolute Gasteiger partial charge is 0.266 e.